The van der Waals surface area contributed by atoms with Gasteiger partial charge in [-0.05, 0) is 44.2 Å². The van der Waals surface area contributed by atoms with Gasteiger partial charge in [0.25, 0.3) is 0 Å². The minimum absolute atomic E-state index is 0.0732. The van der Waals surface area contributed by atoms with Gasteiger partial charge in [0.05, 0.1) is 5.56 Å². The molecule has 1 aromatic rings. The third-order valence-electron chi connectivity index (χ3n) is 3.58. The number of Topliss-reactive ketones (excluding diaryl/α,β-unsaturated/α-hetero) is 1. The summed E-state index contributed by atoms with van der Waals surface area (Å²) < 4.78 is 6.04. The first-order valence-corrected chi connectivity index (χ1v) is 6.45. The van der Waals surface area contributed by atoms with Crippen molar-refractivity contribution < 1.29 is 9.53 Å². The zero-order valence-corrected chi connectivity index (χ0v) is 10.6. The van der Waals surface area contributed by atoms with Crippen LogP contribution in [0.2, 0.25) is 0 Å². The van der Waals surface area contributed by atoms with E-state index in [-0.39, 0.29) is 11.9 Å². The van der Waals surface area contributed by atoms with Crippen LogP contribution < -0.4 is 4.74 Å². The lowest BCUT2D eigenvalue weighted by molar-refractivity contribution is 0.0942. The van der Waals surface area contributed by atoms with Crippen LogP contribution in [0.3, 0.4) is 0 Å². The second-order valence-electron chi connectivity index (χ2n) is 4.97. The van der Waals surface area contributed by atoms with Crippen molar-refractivity contribution in [1.82, 2.24) is 0 Å². The molecule has 0 radical (unpaired) electrons. The van der Waals surface area contributed by atoms with Gasteiger partial charge in [-0.15, -0.1) is 0 Å². The molecule has 1 aliphatic carbocycles. The summed E-state index contributed by atoms with van der Waals surface area (Å²) in [7, 11) is 0. The highest BCUT2D eigenvalue weighted by molar-refractivity contribution is 5.96. The first kappa shape index (κ1) is 12.2. The van der Waals surface area contributed by atoms with Crippen LogP contribution in [0, 0.1) is 5.92 Å². The van der Waals surface area contributed by atoms with Crippen molar-refractivity contribution >= 4 is 5.78 Å². The van der Waals surface area contributed by atoms with Gasteiger partial charge in [-0.2, -0.15) is 0 Å². The van der Waals surface area contributed by atoms with Crippen molar-refractivity contribution in [1.29, 1.82) is 0 Å². The molecule has 0 aromatic heterocycles. The third kappa shape index (κ3) is 2.87. The summed E-state index contributed by atoms with van der Waals surface area (Å²) in [5.74, 6) is 1.41. The Bertz CT molecular complexity index is 398. The molecule has 1 saturated carbocycles. The van der Waals surface area contributed by atoms with Gasteiger partial charge in [0, 0.05) is 0 Å². The molecule has 2 nitrogen and oxygen atoms in total. The smallest absolute Gasteiger partial charge is 0.163 e. The monoisotopic (exact) mass is 232 g/mol. The van der Waals surface area contributed by atoms with E-state index in [9.17, 15) is 4.79 Å². The van der Waals surface area contributed by atoms with Gasteiger partial charge >= 0.3 is 0 Å². The van der Waals surface area contributed by atoms with E-state index in [0.717, 1.165) is 12.2 Å². The van der Waals surface area contributed by atoms with E-state index >= 15 is 0 Å². The second-order valence-corrected chi connectivity index (χ2v) is 4.97. The highest BCUT2D eigenvalue weighted by Gasteiger charge is 2.23. The number of carbonyl (C=O) groups excluding carboxylic acids is 1. The number of ketones is 1. The Morgan fingerprint density at radius 3 is 2.65 bits per heavy atom. The summed E-state index contributed by atoms with van der Waals surface area (Å²) in [5.41, 5.74) is 0.699. The molecule has 1 fully saturated rings. The highest BCUT2D eigenvalue weighted by Crippen LogP contribution is 2.29. The standard InChI is InChI=1S/C15H20O2/c1-11-7-3-5-9-14(11)17-15-10-6-4-8-13(15)12(2)16/h4,6,8,10-11,14H,3,5,7,9H2,1-2H3. The summed E-state index contributed by atoms with van der Waals surface area (Å²) in [5, 5.41) is 0. The zero-order valence-electron chi connectivity index (χ0n) is 10.6. The number of para-hydroxylation sites is 1. The largest absolute Gasteiger partial charge is 0.489 e. The van der Waals surface area contributed by atoms with Crippen LogP contribution in [0.25, 0.3) is 0 Å². The minimum Gasteiger partial charge on any atom is -0.489 e. The maximum absolute atomic E-state index is 11.5. The van der Waals surface area contributed by atoms with Gasteiger partial charge in [0.2, 0.25) is 0 Å². The van der Waals surface area contributed by atoms with Crippen molar-refractivity contribution in [2.24, 2.45) is 5.92 Å². The minimum atomic E-state index is 0.0732. The van der Waals surface area contributed by atoms with Gasteiger partial charge in [-0.3, -0.25) is 4.79 Å². The molecule has 2 unspecified atom stereocenters. The Hall–Kier alpha value is -1.31. The molecule has 1 aromatic carbocycles. The Morgan fingerprint density at radius 2 is 1.94 bits per heavy atom. The quantitative estimate of drug-likeness (QED) is 0.740. The first-order valence-electron chi connectivity index (χ1n) is 6.45. The molecule has 0 bridgehead atoms. The lowest BCUT2D eigenvalue weighted by atomic mass is 9.88. The molecular formula is C15H20O2. The van der Waals surface area contributed by atoms with Crippen LogP contribution in [-0.4, -0.2) is 11.9 Å². The van der Waals surface area contributed by atoms with Crippen molar-refractivity contribution in [3.05, 3.63) is 29.8 Å². The van der Waals surface area contributed by atoms with E-state index in [0.29, 0.717) is 11.5 Å². The van der Waals surface area contributed by atoms with E-state index in [1.54, 1.807) is 6.92 Å². The van der Waals surface area contributed by atoms with Gasteiger partial charge < -0.3 is 4.74 Å². The predicted molar refractivity (Wildman–Crippen MR) is 68.5 cm³/mol. The first-order chi connectivity index (χ1) is 8.18. The van der Waals surface area contributed by atoms with Crippen molar-refractivity contribution in [3.8, 4) is 5.75 Å². The van der Waals surface area contributed by atoms with Gasteiger partial charge in [0.1, 0.15) is 11.9 Å². The fourth-order valence-electron chi connectivity index (χ4n) is 2.48. The van der Waals surface area contributed by atoms with E-state index in [4.69, 9.17) is 4.74 Å². The lowest BCUT2D eigenvalue weighted by Crippen LogP contribution is -2.28. The summed E-state index contributed by atoms with van der Waals surface area (Å²) in [6, 6.07) is 7.55. The third-order valence-corrected chi connectivity index (χ3v) is 3.58. The van der Waals surface area contributed by atoms with Gasteiger partial charge in [-0.1, -0.05) is 25.5 Å². The van der Waals surface area contributed by atoms with Crippen LogP contribution in [-0.2, 0) is 0 Å². The molecule has 0 aliphatic heterocycles. The summed E-state index contributed by atoms with van der Waals surface area (Å²) in [4.78, 5) is 11.5. The molecule has 0 amide bonds. The van der Waals surface area contributed by atoms with Crippen molar-refractivity contribution in [2.75, 3.05) is 0 Å². The predicted octanol–water partition coefficient (Wildman–Crippen LogP) is 3.85. The van der Waals surface area contributed by atoms with E-state index in [2.05, 4.69) is 6.92 Å². The molecule has 0 heterocycles. The Morgan fingerprint density at radius 1 is 1.24 bits per heavy atom. The molecular weight excluding hydrogens is 212 g/mol. The SMILES string of the molecule is CC(=O)c1ccccc1OC1CCCCC1C. The van der Waals surface area contributed by atoms with Gasteiger partial charge in [0.15, 0.2) is 5.78 Å². The Balaban J connectivity index is 2.14. The zero-order chi connectivity index (χ0) is 12.3. The molecule has 92 valence electrons. The highest BCUT2D eigenvalue weighted by atomic mass is 16.5. The molecule has 0 N–H and O–H groups in total. The molecule has 0 spiro atoms. The Kier molecular flexibility index (Phi) is 3.82. The number of rotatable bonds is 3. The van der Waals surface area contributed by atoms with E-state index in [1.165, 1.54) is 19.3 Å². The molecule has 2 rings (SSSR count). The Labute approximate surface area is 103 Å². The number of carbonyl (C=O) groups is 1. The van der Waals surface area contributed by atoms with E-state index < -0.39 is 0 Å². The number of ether oxygens (including phenoxy) is 1. The number of hydrogen-bond donors (Lipinski definition) is 0. The van der Waals surface area contributed by atoms with Crippen molar-refractivity contribution in [3.63, 3.8) is 0 Å². The fraction of sp³-hybridized carbons (Fsp3) is 0.533. The molecule has 2 atom stereocenters. The van der Waals surface area contributed by atoms with Crippen LogP contribution >= 0.6 is 0 Å². The van der Waals surface area contributed by atoms with Crippen LogP contribution in [0.15, 0.2) is 24.3 Å². The maximum Gasteiger partial charge on any atom is 0.163 e. The summed E-state index contributed by atoms with van der Waals surface area (Å²) in [6.07, 6.45) is 5.14. The second kappa shape index (κ2) is 5.35. The fourth-order valence-corrected chi connectivity index (χ4v) is 2.48. The topological polar surface area (TPSA) is 26.3 Å². The number of benzene rings is 1. The van der Waals surface area contributed by atoms with Crippen LogP contribution in [0.4, 0.5) is 0 Å². The molecule has 1 aliphatic rings. The summed E-state index contributed by atoms with van der Waals surface area (Å²) in [6.45, 7) is 3.83. The molecule has 17 heavy (non-hydrogen) atoms. The molecule has 0 saturated heterocycles. The normalized spacial score (nSPS) is 24.4. The van der Waals surface area contributed by atoms with Crippen LogP contribution in [0.5, 0.6) is 5.75 Å². The molecule has 2 heteroatoms. The lowest BCUT2D eigenvalue weighted by Gasteiger charge is -2.29. The number of hydrogen-bond acceptors (Lipinski definition) is 2. The summed E-state index contributed by atoms with van der Waals surface area (Å²) >= 11 is 0. The maximum atomic E-state index is 11.5. The van der Waals surface area contributed by atoms with E-state index in [1.807, 2.05) is 24.3 Å². The average Bonchev–Trinajstić information content (AvgIpc) is 2.32. The van der Waals surface area contributed by atoms with Gasteiger partial charge in [-0.25, -0.2) is 0 Å². The average molecular weight is 232 g/mol. The van der Waals surface area contributed by atoms with Crippen LogP contribution in [0.1, 0.15) is 49.9 Å². The van der Waals surface area contributed by atoms with Crippen molar-refractivity contribution in [2.45, 2.75) is 45.6 Å².